The molecule has 1 unspecified atom stereocenters. The summed E-state index contributed by atoms with van der Waals surface area (Å²) in [5, 5.41) is 5.69. The summed E-state index contributed by atoms with van der Waals surface area (Å²) in [4.78, 5) is 1.36. The highest BCUT2D eigenvalue weighted by Gasteiger charge is 2.17. The first kappa shape index (κ1) is 15.5. The number of thiophene rings is 1. The first-order valence-corrected chi connectivity index (χ1v) is 8.60. The second kappa shape index (κ2) is 7.81. The molecular formula is C16H20BrNOS. The van der Waals surface area contributed by atoms with E-state index in [2.05, 4.69) is 51.7 Å². The van der Waals surface area contributed by atoms with Crippen molar-refractivity contribution in [2.45, 2.75) is 26.3 Å². The van der Waals surface area contributed by atoms with Crippen molar-refractivity contribution in [1.29, 1.82) is 0 Å². The predicted molar refractivity (Wildman–Crippen MR) is 89.8 cm³/mol. The van der Waals surface area contributed by atoms with Gasteiger partial charge in [0.05, 0.1) is 6.61 Å². The average molecular weight is 354 g/mol. The van der Waals surface area contributed by atoms with Crippen LogP contribution in [0.25, 0.3) is 0 Å². The van der Waals surface area contributed by atoms with E-state index in [1.54, 1.807) is 11.3 Å². The van der Waals surface area contributed by atoms with Crippen LogP contribution in [0.3, 0.4) is 0 Å². The molecule has 1 aromatic heterocycles. The fraction of sp³-hybridized carbons (Fsp3) is 0.375. The molecule has 2 rings (SSSR count). The second-order valence-corrected chi connectivity index (χ2v) is 6.33. The molecule has 1 N–H and O–H groups in total. The highest BCUT2D eigenvalue weighted by molar-refractivity contribution is 9.10. The van der Waals surface area contributed by atoms with Gasteiger partial charge in [-0.3, -0.25) is 0 Å². The molecule has 0 bridgehead atoms. The van der Waals surface area contributed by atoms with Crippen molar-refractivity contribution in [3.05, 3.63) is 50.6 Å². The Kier molecular flexibility index (Phi) is 6.07. The van der Waals surface area contributed by atoms with Crippen LogP contribution in [0.15, 0.2) is 40.2 Å². The van der Waals surface area contributed by atoms with Gasteiger partial charge < -0.3 is 10.1 Å². The lowest BCUT2D eigenvalue weighted by atomic mass is 10.0. The van der Waals surface area contributed by atoms with Gasteiger partial charge in [-0.1, -0.05) is 25.1 Å². The minimum absolute atomic E-state index is 0.276. The number of hydrogen-bond acceptors (Lipinski definition) is 3. The Balaban J connectivity index is 2.26. The summed E-state index contributed by atoms with van der Waals surface area (Å²) in [5.74, 6) is 0.980. The summed E-state index contributed by atoms with van der Waals surface area (Å²) >= 11 is 5.41. The second-order valence-electron chi connectivity index (χ2n) is 4.48. The van der Waals surface area contributed by atoms with E-state index in [-0.39, 0.29) is 6.04 Å². The molecule has 0 radical (unpaired) electrons. The van der Waals surface area contributed by atoms with Crippen molar-refractivity contribution in [2.75, 3.05) is 13.2 Å². The van der Waals surface area contributed by atoms with Gasteiger partial charge in [0.1, 0.15) is 5.75 Å². The predicted octanol–water partition coefficient (Wildman–Crippen LogP) is 4.80. The molecule has 0 amide bonds. The van der Waals surface area contributed by atoms with Gasteiger partial charge in [-0.25, -0.2) is 0 Å². The summed E-state index contributed by atoms with van der Waals surface area (Å²) in [7, 11) is 0. The van der Waals surface area contributed by atoms with Crippen LogP contribution in [0.2, 0.25) is 0 Å². The van der Waals surface area contributed by atoms with E-state index in [0.717, 1.165) is 18.7 Å². The molecular weight excluding hydrogens is 334 g/mol. The zero-order valence-electron chi connectivity index (χ0n) is 11.9. The largest absolute Gasteiger partial charge is 0.494 e. The Labute approximate surface area is 133 Å². The summed E-state index contributed by atoms with van der Waals surface area (Å²) in [6.45, 7) is 5.79. The van der Waals surface area contributed by atoms with Crippen molar-refractivity contribution < 1.29 is 4.74 Å². The lowest BCUT2D eigenvalue weighted by molar-refractivity contribution is 0.331. The third-order valence-corrected chi connectivity index (χ3v) is 5.07. The molecule has 0 aliphatic carbocycles. The summed E-state index contributed by atoms with van der Waals surface area (Å²) < 4.78 is 6.96. The van der Waals surface area contributed by atoms with Crippen LogP contribution in [0.1, 0.15) is 30.3 Å². The molecule has 0 saturated heterocycles. The van der Waals surface area contributed by atoms with Crippen LogP contribution in [0.5, 0.6) is 5.75 Å². The van der Waals surface area contributed by atoms with Gasteiger partial charge in [0.2, 0.25) is 0 Å². The Bertz CT molecular complexity index is 541. The molecule has 0 fully saturated rings. The Morgan fingerprint density at radius 2 is 2.05 bits per heavy atom. The molecule has 1 aromatic carbocycles. The van der Waals surface area contributed by atoms with Gasteiger partial charge in [0.15, 0.2) is 0 Å². The van der Waals surface area contributed by atoms with Crippen molar-refractivity contribution in [2.24, 2.45) is 0 Å². The maximum Gasteiger partial charge on any atom is 0.124 e. The van der Waals surface area contributed by atoms with E-state index in [1.807, 2.05) is 19.1 Å². The topological polar surface area (TPSA) is 21.3 Å². The molecule has 108 valence electrons. The average Bonchev–Trinajstić information content (AvgIpc) is 2.85. The molecule has 1 atom stereocenters. The number of halogens is 1. The number of rotatable bonds is 7. The van der Waals surface area contributed by atoms with Crippen LogP contribution in [-0.4, -0.2) is 13.2 Å². The lowest BCUT2D eigenvalue weighted by Gasteiger charge is -2.21. The molecule has 4 heteroatoms. The lowest BCUT2D eigenvalue weighted by Crippen LogP contribution is -2.23. The van der Waals surface area contributed by atoms with Crippen molar-refractivity contribution in [1.82, 2.24) is 5.32 Å². The third kappa shape index (κ3) is 3.84. The molecule has 0 saturated carbocycles. The summed E-state index contributed by atoms with van der Waals surface area (Å²) in [6, 6.07) is 10.7. The quantitative estimate of drug-likeness (QED) is 0.771. The molecule has 0 aliphatic heterocycles. The first-order valence-electron chi connectivity index (χ1n) is 6.93. The van der Waals surface area contributed by atoms with E-state index in [4.69, 9.17) is 4.74 Å². The number of hydrogen-bond donors (Lipinski definition) is 1. The van der Waals surface area contributed by atoms with Gasteiger partial charge in [-0.2, -0.15) is 0 Å². The summed E-state index contributed by atoms with van der Waals surface area (Å²) in [6.07, 6.45) is 0.968. The minimum Gasteiger partial charge on any atom is -0.494 e. The zero-order valence-corrected chi connectivity index (χ0v) is 14.3. The van der Waals surface area contributed by atoms with Crippen molar-refractivity contribution >= 4 is 27.3 Å². The van der Waals surface area contributed by atoms with Gasteiger partial charge in [-0.05, 0) is 46.9 Å². The highest BCUT2D eigenvalue weighted by Crippen LogP contribution is 2.32. The minimum atomic E-state index is 0.276. The van der Waals surface area contributed by atoms with Gasteiger partial charge in [0.25, 0.3) is 0 Å². The van der Waals surface area contributed by atoms with Gasteiger partial charge >= 0.3 is 0 Å². The van der Waals surface area contributed by atoms with Crippen LogP contribution in [0, 0.1) is 0 Å². The van der Waals surface area contributed by atoms with E-state index >= 15 is 0 Å². The van der Waals surface area contributed by atoms with Crippen molar-refractivity contribution in [3.63, 3.8) is 0 Å². The Hall–Kier alpha value is -0.840. The number of benzene rings is 1. The maximum atomic E-state index is 5.77. The van der Waals surface area contributed by atoms with Crippen LogP contribution >= 0.6 is 27.3 Å². The van der Waals surface area contributed by atoms with Crippen LogP contribution in [0.4, 0.5) is 0 Å². The Morgan fingerprint density at radius 3 is 2.70 bits per heavy atom. The normalized spacial score (nSPS) is 12.3. The number of nitrogens with one attached hydrogen (secondary N) is 1. The number of likely N-dealkylation sites (N-methyl/N-ethyl adjacent to an activating group) is 1. The Morgan fingerprint density at radius 1 is 1.25 bits per heavy atom. The SMILES string of the molecule is CCNC(Cc1sccc1Br)c1ccccc1OCC. The highest BCUT2D eigenvalue weighted by atomic mass is 79.9. The molecule has 0 spiro atoms. The van der Waals surface area contributed by atoms with Crippen LogP contribution < -0.4 is 10.1 Å². The first-order chi connectivity index (χ1) is 9.76. The molecule has 0 aliphatic rings. The third-order valence-electron chi connectivity index (χ3n) is 3.13. The zero-order chi connectivity index (χ0) is 14.4. The van der Waals surface area contributed by atoms with E-state index < -0.39 is 0 Å². The van der Waals surface area contributed by atoms with Crippen LogP contribution in [-0.2, 0) is 6.42 Å². The van der Waals surface area contributed by atoms with E-state index in [1.165, 1.54) is 14.9 Å². The van der Waals surface area contributed by atoms with E-state index in [9.17, 15) is 0 Å². The monoisotopic (exact) mass is 353 g/mol. The smallest absolute Gasteiger partial charge is 0.124 e. The maximum absolute atomic E-state index is 5.77. The molecule has 2 nitrogen and oxygen atoms in total. The fourth-order valence-corrected chi connectivity index (χ4v) is 3.81. The summed E-state index contributed by atoms with van der Waals surface area (Å²) in [5.41, 5.74) is 1.23. The van der Waals surface area contributed by atoms with E-state index in [0.29, 0.717) is 6.61 Å². The molecule has 20 heavy (non-hydrogen) atoms. The van der Waals surface area contributed by atoms with Crippen molar-refractivity contribution in [3.8, 4) is 5.75 Å². The number of para-hydroxylation sites is 1. The van der Waals surface area contributed by atoms with Gasteiger partial charge in [0, 0.05) is 27.4 Å². The standard InChI is InChI=1S/C16H20BrNOS/c1-3-18-14(11-16-13(17)9-10-20-16)12-7-5-6-8-15(12)19-4-2/h5-10,14,18H,3-4,11H2,1-2H3. The fourth-order valence-electron chi connectivity index (χ4n) is 2.25. The molecule has 1 heterocycles. The number of ether oxygens (including phenoxy) is 1. The molecule has 2 aromatic rings. The van der Waals surface area contributed by atoms with Gasteiger partial charge in [-0.15, -0.1) is 11.3 Å².